The molecule has 0 fully saturated rings. The molecule has 0 aromatic heterocycles. The van der Waals surface area contributed by atoms with Crippen molar-refractivity contribution in [1.82, 2.24) is 0 Å². The summed E-state index contributed by atoms with van der Waals surface area (Å²) in [6, 6.07) is 7.19. The topological polar surface area (TPSA) is 72.5 Å². The smallest absolute Gasteiger partial charge is 0.338 e. The molecule has 0 saturated carbocycles. The Morgan fingerprint density at radius 1 is 1.12 bits per heavy atom. The summed E-state index contributed by atoms with van der Waals surface area (Å²) >= 11 is 0. The lowest BCUT2D eigenvalue weighted by molar-refractivity contribution is 0.0525. The maximum Gasteiger partial charge on any atom is 0.338 e. The molecule has 0 heterocycles. The number of hydrogen-bond donors (Lipinski definition) is 1. The van der Waals surface area contributed by atoms with Crippen LogP contribution in [0.25, 0.3) is 0 Å². The van der Waals surface area contributed by atoms with Crippen molar-refractivity contribution in [2.75, 3.05) is 11.3 Å². The molecule has 8 heteroatoms. The number of benzene rings is 2. The number of hydrogen-bond acceptors (Lipinski definition) is 4. The van der Waals surface area contributed by atoms with Crippen LogP contribution < -0.4 is 4.72 Å². The van der Waals surface area contributed by atoms with Crippen LogP contribution in [-0.4, -0.2) is 21.0 Å². The highest BCUT2D eigenvalue weighted by atomic mass is 32.2. The molecule has 0 amide bonds. The fourth-order valence-electron chi connectivity index (χ4n) is 1.91. The van der Waals surface area contributed by atoms with E-state index >= 15 is 0 Å². The first-order valence-electron chi connectivity index (χ1n) is 7.00. The van der Waals surface area contributed by atoms with Crippen molar-refractivity contribution in [3.63, 3.8) is 0 Å². The summed E-state index contributed by atoms with van der Waals surface area (Å²) in [5, 5.41) is 0. The third-order valence-corrected chi connectivity index (χ3v) is 4.49. The van der Waals surface area contributed by atoms with E-state index in [4.69, 9.17) is 0 Å². The number of anilines is 1. The van der Waals surface area contributed by atoms with E-state index < -0.39 is 33.3 Å². The number of carbonyl (C=O) groups is 1. The van der Waals surface area contributed by atoms with Crippen LogP contribution in [0, 0.1) is 18.6 Å². The maximum atomic E-state index is 14.0. The molecule has 0 bridgehead atoms. The van der Waals surface area contributed by atoms with Crippen molar-refractivity contribution in [2.45, 2.75) is 18.7 Å². The lowest BCUT2D eigenvalue weighted by Crippen LogP contribution is -2.16. The molecule has 2 aromatic carbocycles. The van der Waals surface area contributed by atoms with Gasteiger partial charge in [0.25, 0.3) is 10.0 Å². The van der Waals surface area contributed by atoms with E-state index in [1.54, 1.807) is 26.0 Å². The normalized spacial score (nSPS) is 11.2. The number of nitrogens with one attached hydrogen (secondary N) is 1. The molecule has 2 aromatic rings. The molecule has 0 atom stereocenters. The molecule has 128 valence electrons. The van der Waals surface area contributed by atoms with Crippen LogP contribution in [0.1, 0.15) is 22.8 Å². The van der Waals surface area contributed by atoms with Crippen molar-refractivity contribution in [3.8, 4) is 0 Å². The van der Waals surface area contributed by atoms with E-state index in [0.29, 0.717) is 12.1 Å². The highest BCUT2D eigenvalue weighted by molar-refractivity contribution is 7.92. The Morgan fingerprint density at radius 2 is 1.67 bits per heavy atom. The summed E-state index contributed by atoms with van der Waals surface area (Å²) in [5.41, 5.74) is -0.362. The van der Waals surface area contributed by atoms with E-state index in [9.17, 15) is 22.0 Å². The van der Waals surface area contributed by atoms with Crippen LogP contribution in [0.4, 0.5) is 14.5 Å². The molecule has 5 nitrogen and oxygen atoms in total. The standard InChI is InChI=1S/C16H15F2NO4S/c1-3-23-16(20)11-8-13(17)15(14(18)9-11)19-24(21,22)12-6-4-10(2)5-7-12/h4-9,19H,3H2,1-2H3. The SMILES string of the molecule is CCOC(=O)c1cc(F)c(NS(=O)(=O)c2ccc(C)cc2)c(F)c1. The van der Waals surface area contributed by atoms with Crippen molar-refractivity contribution >= 4 is 21.7 Å². The van der Waals surface area contributed by atoms with Gasteiger partial charge in [-0.2, -0.15) is 0 Å². The molecule has 0 aliphatic rings. The number of aryl methyl sites for hydroxylation is 1. The molecule has 2 rings (SSSR count). The van der Waals surface area contributed by atoms with E-state index in [0.717, 1.165) is 5.56 Å². The van der Waals surface area contributed by atoms with Gasteiger partial charge in [-0.25, -0.2) is 22.0 Å². The first-order chi connectivity index (χ1) is 11.2. The minimum absolute atomic E-state index is 0.0455. The molecule has 1 N–H and O–H groups in total. The molecular formula is C16H15F2NO4S. The van der Waals surface area contributed by atoms with E-state index in [-0.39, 0.29) is 17.1 Å². The molecule has 24 heavy (non-hydrogen) atoms. The van der Waals surface area contributed by atoms with Crippen LogP contribution in [-0.2, 0) is 14.8 Å². The lowest BCUT2D eigenvalue weighted by Gasteiger charge is -2.11. The summed E-state index contributed by atoms with van der Waals surface area (Å²) < 4.78 is 59.0. The number of ether oxygens (including phenoxy) is 1. The van der Waals surface area contributed by atoms with Crippen LogP contribution in [0.5, 0.6) is 0 Å². The van der Waals surface area contributed by atoms with Gasteiger partial charge in [-0.1, -0.05) is 17.7 Å². The van der Waals surface area contributed by atoms with Gasteiger partial charge in [0.2, 0.25) is 0 Å². The highest BCUT2D eigenvalue weighted by Crippen LogP contribution is 2.24. The molecular weight excluding hydrogens is 340 g/mol. The van der Waals surface area contributed by atoms with Crippen molar-refractivity contribution in [1.29, 1.82) is 0 Å². The molecule has 0 radical (unpaired) electrons. The number of esters is 1. The van der Waals surface area contributed by atoms with Gasteiger partial charge < -0.3 is 4.74 Å². The van der Waals surface area contributed by atoms with Crippen LogP contribution >= 0.6 is 0 Å². The predicted octanol–water partition coefficient (Wildman–Crippen LogP) is 3.25. The molecule has 0 aliphatic heterocycles. The average Bonchev–Trinajstić information content (AvgIpc) is 2.51. The summed E-state index contributed by atoms with van der Waals surface area (Å²) in [7, 11) is -4.16. The second-order valence-corrected chi connectivity index (χ2v) is 6.64. The minimum atomic E-state index is -4.16. The Hall–Kier alpha value is -2.48. The quantitative estimate of drug-likeness (QED) is 0.836. The molecule has 0 spiro atoms. The zero-order valence-corrected chi connectivity index (χ0v) is 13.8. The van der Waals surface area contributed by atoms with E-state index in [2.05, 4.69) is 4.74 Å². The summed E-state index contributed by atoms with van der Waals surface area (Å²) in [4.78, 5) is 11.4. The molecule has 0 aliphatic carbocycles. The Bertz CT molecular complexity index is 841. The lowest BCUT2D eigenvalue weighted by atomic mass is 10.2. The summed E-state index contributed by atoms with van der Waals surface area (Å²) in [6.07, 6.45) is 0. The van der Waals surface area contributed by atoms with Gasteiger partial charge in [0.15, 0.2) is 11.6 Å². The average molecular weight is 355 g/mol. The zero-order chi connectivity index (χ0) is 17.9. The second kappa shape index (κ2) is 6.96. The van der Waals surface area contributed by atoms with Gasteiger partial charge in [-0.15, -0.1) is 0 Å². The van der Waals surface area contributed by atoms with Crippen LogP contribution in [0.15, 0.2) is 41.3 Å². The fourth-order valence-corrected chi connectivity index (χ4v) is 2.99. The summed E-state index contributed by atoms with van der Waals surface area (Å²) in [5.74, 6) is -3.33. The first kappa shape index (κ1) is 17.9. The van der Waals surface area contributed by atoms with Gasteiger partial charge in [-0.3, -0.25) is 4.72 Å². The van der Waals surface area contributed by atoms with Gasteiger partial charge in [-0.05, 0) is 38.1 Å². The van der Waals surface area contributed by atoms with Gasteiger partial charge in [0.1, 0.15) is 5.69 Å². The highest BCUT2D eigenvalue weighted by Gasteiger charge is 2.21. The Kier molecular flexibility index (Phi) is 5.18. The van der Waals surface area contributed by atoms with Gasteiger partial charge in [0, 0.05) is 0 Å². The number of halogens is 2. The van der Waals surface area contributed by atoms with Gasteiger partial charge >= 0.3 is 5.97 Å². The van der Waals surface area contributed by atoms with Crippen LogP contribution in [0.3, 0.4) is 0 Å². The summed E-state index contributed by atoms with van der Waals surface area (Å²) in [6.45, 7) is 3.37. The second-order valence-electron chi connectivity index (χ2n) is 4.95. The number of carbonyl (C=O) groups excluding carboxylic acids is 1. The maximum absolute atomic E-state index is 14.0. The van der Waals surface area contributed by atoms with Crippen molar-refractivity contribution in [3.05, 3.63) is 59.2 Å². The monoisotopic (exact) mass is 355 g/mol. The molecule has 0 saturated heterocycles. The fraction of sp³-hybridized carbons (Fsp3) is 0.188. The third kappa shape index (κ3) is 3.88. The van der Waals surface area contributed by atoms with E-state index in [1.165, 1.54) is 12.1 Å². The molecule has 0 unspecified atom stereocenters. The van der Waals surface area contributed by atoms with Crippen molar-refractivity contribution < 1.29 is 26.7 Å². The Balaban J connectivity index is 2.36. The van der Waals surface area contributed by atoms with Crippen molar-refractivity contribution in [2.24, 2.45) is 0 Å². The van der Waals surface area contributed by atoms with Gasteiger partial charge in [0.05, 0.1) is 17.1 Å². The zero-order valence-electron chi connectivity index (χ0n) is 13.0. The minimum Gasteiger partial charge on any atom is -0.462 e. The number of sulfonamides is 1. The van der Waals surface area contributed by atoms with E-state index in [1.807, 2.05) is 4.72 Å². The Morgan fingerprint density at radius 3 is 2.17 bits per heavy atom. The first-order valence-corrected chi connectivity index (χ1v) is 8.48. The Labute approximate surface area is 138 Å². The van der Waals surface area contributed by atoms with Crippen LogP contribution in [0.2, 0.25) is 0 Å². The largest absolute Gasteiger partial charge is 0.462 e. The number of rotatable bonds is 5. The third-order valence-electron chi connectivity index (χ3n) is 3.12. The predicted molar refractivity (Wildman–Crippen MR) is 84.3 cm³/mol.